The number of benzene rings is 1. The van der Waals surface area contributed by atoms with Gasteiger partial charge in [0, 0.05) is 17.5 Å². The van der Waals surface area contributed by atoms with Gasteiger partial charge in [0.05, 0.1) is 0 Å². The Balaban J connectivity index is 1.95. The molecule has 0 saturated heterocycles. The minimum atomic E-state index is -2.86. The fourth-order valence-electron chi connectivity index (χ4n) is 2.45. The number of carbonyl (C=O) groups is 1. The van der Waals surface area contributed by atoms with Gasteiger partial charge in [0.2, 0.25) is 0 Å². The quantitative estimate of drug-likeness (QED) is 0.846. The second kappa shape index (κ2) is 6.88. The molecule has 20 heavy (non-hydrogen) atoms. The van der Waals surface area contributed by atoms with Crippen LogP contribution in [0.2, 0.25) is 0 Å². The van der Waals surface area contributed by atoms with E-state index in [1.54, 1.807) is 0 Å². The SMILES string of the molecule is O=C(NC1CCCC1CCl)c1ccc(OC(F)F)cc1. The highest BCUT2D eigenvalue weighted by molar-refractivity contribution is 6.18. The highest BCUT2D eigenvalue weighted by atomic mass is 35.5. The van der Waals surface area contributed by atoms with E-state index in [9.17, 15) is 13.6 Å². The minimum absolute atomic E-state index is 0.0380. The van der Waals surface area contributed by atoms with Gasteiger partial charge in [-0.05, 0) is 43.0 Å². The predicted molar refractivity (Wildman–Crippen MR) is 72.4 cm³/mol. The highest BCUT2D eigenvalue weighted by Crippen LogP contribution is 2.27. The van der Waals surface area contributed by atoms with Gasteiger partial charge in [0.25, 0.3) is 5.91 Å². The maximum absolute atomic E-state index is 12.1. The zero-order valence-electron chi connectivity index (χ0n) is 10.8. The fraction of sp³-hybridized carbons (Fsp3) is 0.500. The molecule has 1 aliphatic carbocycles. The van der Waals surface area contributed by atoms with Crippen molar-refractivity contribution in [2.24, 2.45) is 5.92 Å². The summed E-state index contributed by atoms with van der Waals surface area (Å²) in [7, 11) is 0. The van der Waals surface area contributed by atoms with Crippen LogP contribution < -0.4 is 10.1 Å². The van der Waals surface area contributed by atoms with E-state index in [4.69, 9.17) is 11.6 Å². The van der Waals surface area contributed by atoms with E-state index in [2.05, 4.69) is 10.1 Å². The van der Waals surface area contributed by atoms with Crippen molar-refractivity contribution in [3.63, 3.8) is 0 Å². The highest BCUT2D eigenvalue weighted by Gasteiger charge is 2.27. The fourth-order valence-corrected chi connectivity index (χ4v) is 2.82. The molecular weight excluding hydrogens is 288 g/mol. The van der Waals surface area contributed by atoms with Gasteiger partial charge in [-0.1, -0.05) is 6.42 Å². The second-order valence-electron chi connectivity index (χ2n) is 4.83. The van der Waals surface area contributed by atoms with Crippen LogP contribution in [0.4, 0.5) is 8.78 Å². The van der Waals surface area contributed by atoms with Crippen LogP contribution in [0.15, 0.2) is 24.3 Å². The van der Waals surface area contributed by atoms with E-state index in [0.717, 1.165) is 19.3 Å². The molecule has 1 saturated carbocycles. The van der Waals surface area contributed by atoms with Gasteiger partial charge in [-0.3, -0.25) is 4.79 Å². The maximum Gasteiger partial charge on any atom is 0.387 e. The lowest BCUT2D eigenvalue weighted by molar-refractivity contribution is -0.0498. The lowest BCUT2D eigenvalue weighted by Gasteiger charge is -2.18. The number of alkyl halides is 3. The van der Waals surface area contributed by atoms with Gasteiger partial charge in [-0.25, -0.2) is 0 Å². The van der Waals surface area contributed by atoms with Gasteiger partial charge in [-0.15, -0.1) is 11.6 Å². The molecule has 0 heterocycles. The number of halogens is 3. The van der Waals surface area contributed by atoms with Gasteiger partial charge < -0.3 is 10.1 Å². The molecule has 110 valence electrons. The lowest BCUT2D eigenvalue weighted by atomic mass is 10.1. The first-order valence-corrected chi connectivity index (χ1v) is 7.05. The molecule has 0 bridgehead atoms. The molecule has 0 spiro atoms. The summed E-state index contributed by atoms with van der Waals surface area (Å²) in [5.41, 5.74) is 0.423. The average molecular weight is 304 g/mol. The third kappa shape index (κ3) is 3.82. The molecule has 2 unspecified atom stereocenters. The van der Waals surface area contributed by atoms with Crippen molar-refractivity contribution in [3.05, 3.63) is 29.8 Å². The number of amides is 1. The molecule has 1 amide bonds. The van der Waals surface area contributed by atoms with Crippen molar-refractivity contribution >= 4 is 17.5 Å². The van der Waals surface area contributed by atoms with E-state index >= 15 is 0 Å². The largest absolute Gasteiger partial charge is 0.435 e. The third-order valence-electron chi connectivity index (χ3n) is 3.52. The van der Waals surface area contributed by atoms with Crippen LogP contribution >= 0.6 is 11.6 Å². The third-order valence-corrected chi connectivity index (χ3v) is 3.91. The summed E-state index contributed by atoms with van der Waals surface area (Å²) in [5.74, 6) is 0.667. The zero-order valence-corrected chi connectivity index (χ0v) is 11.6. The van der Waals surface area contributed by atoms with E-state index in [1.165, 1.54) is 24.3 Å². The Kier molecular flexibility index (Phi) is 5.17. The Bertz CT molecular complexity index is 453. The van der Waals surface area contributed by atoms with Crippen LogP contribution in [0.25, 0.3) is 0 Å². The Hall–Kier alpha value is -1.36. The van der Waals surface area contributed by atoms with Gasteiger partial charge in [-0.2, -0.15) is 8.78 Å². The van der Waals surface area contributed by atoms with Crippen LogP contribution in [0, 0.1) is 5.92 Å². The first-order valence-electron chi connectivity index (χ1n) is 6.52. The Morgan fingerprint density at radius 3 is 2.65 bits per heavy atom. The Morgan fingerprint density at radius 2 is 2.05 bits per heavy atom. The van der Waals surface area contributed by atoms with Crippen LogP contribution in [-0.4, -0.2) is 24.4 Å². The molecule has 0 aromatic heterocycles. The molecule has 1 fully saturated rings. The summed E-state index contributed by atoms with van der Waals surface area (Å²) in [6.45, 7) is -2.86. The van der Waals surface area contributed by atoms with E-state index in [0.29, 0.717) is 17.4 Å². The average Bonchev–Trinajstić information content (AvgIpc) is 2.86. The number of carbonyl (C=O) groups excluding carboxylic acids is 1. The molecule has 1 aromatic rings. The first-order chi connectivity index (χ1) is 9.60. The number of hydrogen-bond donors (Lipinski definition) is 1. The smallest absolute Gasteiger partial charge is 0.387 e. The van der Waals surface area contributed by atoms with Gasteiger partial charge in [0.1, 0.15) is 5.75 Å². The molecule has 2 rings (SSSR count). The minimum Gasteiger partial charge on any atom is -0.435 e. The first kappa shape index (κ1) is 15.0. The monoisotopic (exact) mass is 303 g/mol. The van der Waals surface area contributed by atoms with Crippen molar-refractivity contribution < 1.29 is 18.3 Å². The van der Waals surface area contributed by atoms with Crippen molar-refractivity contribution in [2.45, 2.75) is 31.9 Å². The summed E-state index contributed by atoms with van der Waals surface area (Å²) in [5, 5.41) is 2.94. The molecule has 0 aliphatic heterocycles. The van der Waals surface area contributed by atoms with Crippen molar-refractivity contribution in [3.8, 4) is 5.75 Å². The molecule has 0 radical (unpaired) electrons. The number of ether oxygens (including phenoxy) is 1. The molecule has 2 atom stereocenters. The maximum atomic E-state index is 12.1. The van der Waals surface area contributed by atoms with E-state index in [-0.39, 0.29) is 17.7 Å². The van der Waals surface area contributed by atoms with Crippen LogP contribution in [0.3, 0.4) is 0 Å². The van der Waals surface area contributed by atoms with Gasteiger partial charge >= 0.3 is 6.61 Å². The molecule has 1 aromatic carbocycles. The number of rotatable bonds is 5. The van der Waals surface area contributed by atoms with Crippen molar-refractivity contribution in [1.29, 1.82) is 0 Å². The zero-order chi connectivity index (χ0) is 14.5. The Labute approximate surface area is 121 Å². The predicted octanol–water partition coefficient (Wildman–Crippen LogP) is 3.43. The summed E-state index contributed by atoms with van der Waals surface area (Å²) in [4.78, 5) is 12.1. The summed E-state index contributed by atoms with van der Waals surface area (Å²) < 4.78 is 28.3. The molecule has 6 heteroatoms. The van der Waals surface area contributed by atoms with Crippen molar-refractivity contribution in [1.82, 2.24) is 5.32 Å². The van der Waals surface area contributed by atoms with Crippen LogP contribution in [-0.2, 0) is 0 Å². The normalized spacial score (nSPS) is 22.0. The molecule has 3 nitrogen and oxygen atoms in total. The van der Waals surface area contributed by atoms with Gasteiger partial charge in [0.15, 0.2) is 0 Å². The standard InChI is InChI=1S/C14H16ClF2NO2/c15-8-10-2-1-3-12(10)18-13(19)9-4-6-11(7-5-9)20-14(16)17/h4-7,10,12,14H,1-3,8H2,(H,18,19). The van der Waals surface area contributed by atoms with E-state index in [1.807, 2.05) is 0 Å². The molecular formula is C14H16ClF2NO2. The van der Waals surface area contributed by atoms with Crippen LogP contribution in [0.1, 0.15) is 29.6 Å². The molecule has 1 N–H and O–H groups in total. The summed E-state index contributed by atoms with van der Waals surface area (Å²) >= 11 is 5.86. The van der Waals surface area contributed by atoms with Crippen molar-refractivity contribution in [2.75, 3.05) is 5.88 Å². The van der Waals surface area contributed by atoms with Crippen LogP contribution in [0.5, 0.6) is 5.75 Å². The summed E-state index contributed by atoms with van der Waals surface area (Å²) in [6, 6.07) is 5.75. The number of hydrogen-bond acceptors (Lipinski definition) is 2. The lowest BCUT2D eigenvalue weighted by Crippen LogP contribution is -2.37. The number of nitrogens with one attached hydrogen (secondary N) is 1. The second-order valence-corrected chi connectivity index (χ2v) is 5.14. The summed E-state index contributed by atoms with van der Waals surface area (Å²) in [6.07, 6.45) is 3.01. The Morgan fingerprint density at radius 1 is 1.35 bits per heavy atom. The molecule has 1 aliphatic rings. The topological polar surface area (TPSA) is 38.3 Å². The van der Waals surface area contributed by atoms with E-state index < -0.39 is 6.61 Å².